The molecule has 0 aliphatic rings. The normalized spacial score (nSPS) is 10.2. The van der Waals surface area contributed by atoms with Gasteiger partial charge in [-0.25, -0.2) is 4.79 Å². The third-order valence-electron chi connectivity index (χ3n) is 4.28. The van der Waals surface area contributed by atoms with Crippen molar-refractivity contribution in [3.05, 3.63) is 68.7 Å². The van der Waals surface area contributed by atoms with E-state index in [1.807, 2.05) is 13.8 Å². The van der Waals surface area contributed by atoms with Crippen molar-refractivity contribution in [1.29, 1.82) is 0 Å². The fourth-order valence-corrected chi connectivity index (χ4v) is 2.86. The molecule has 0 aromatic heterocycles. The summed E-state index contributed by atoms with van der Waals surface area (Å²) in [5.41, 5.74) is 4.71. The summed E-state index contributed by atoms with van der Waals surface area (Å²) >= 11 is 5.75. The van der Waals surface area contributed by atoms with Crippen LogP contribution in [0.3, 0.4) is 0 Å². The number of esters is 1. The molecule has 2 aromatic rings. The standard InChI is InChI=1S/C20H21ClN4O6/c1-3-24(4-2)15-8-5-13(6-9-15)19(27)23-22-18(26)12-31-20(28)16-11-14(21)7-10-17(16)25(29)30/h5-11H,3-4,12H2,1-2H3,(H,22,26)(H,23,27). The van der Waals surface area contributed by atoms with Crippen LogP contribution in [0, 0.1) is 10.1 Å². The Hall–Kier alpha value is -3.66. The van der Waals surface area contributed by atoms with Crippen LogP contribution in [-0.4, -0.2) is 42.4 Å². The van der Waals surface area contributed by atoms with Gasteiger partial charge in [0.15, 0.2) is 6.61 Å². The number of rotatable bonds is 8. The van der Waals surface area contributed by atoms with Gasteiger partial charge < -0.3 is 9.64 Å². The molecule has 0 saturated heterocycles. The van der Waals surface area contributed by atoms with Crippen LogP contribution in [0.2, 0.25) is 5.02 Å². The second kappa shape index (κ2) is 10.9. The zero-order valence-corrected chi connectivity index (χ0v) is 17.6. The van der Waals surface area contributed by atoms with Gasteiger partial charge in [-0.3, -0.25) is 30.6 Å². The minimum atomic E-state index is -1.09. The number of anilines is 1. The summed E-state index contributed by atoms with van der Waals surface area (Å²) in [6.07, 6.45) is 0. The summed E-state index contributed by atoms with van der Waals surface area (Å²) in [4.78, 5) is 48.4. The molecule has 0 fully saturated rings. The summed E-state index contributed by atoms with van der Waals surface area (Å²) < 4.78 is 4.77. The van der Waals surface area contributed by atoms with Crippen LogP contribution in [0.4, 0.5) is 11.4 Å². The number of amides is 2. The first-order valence-corrected chi connectivity index (χ1v) is 9.69. The molecule has 0 heterocycles. The van der Waals surface area contributed by atoms with Gasteiger partial charge in [0, 0.05) is 35.4 Å². The van der Waals surface area contributed by atoms with E-state index in [1.165, 1.54) is 6.07 Å². The van der Waals surface area contributed by atoms with Crippen molar-refractivity contribution in [2.45, 2.75) is 13.8 Å². The number of hydrogen-bond donors (Lipinski definition) is 2. The molecule has 0 aliphatic carbocycles. The molecule has 0 saturated carbocycles. The summed E-state index contributed by atoms with van der Waals surface area (Å²) in [6.45, 7) is 4.95. The third kappa shape index (κ3) is 6.41. The first-order chi connectivity index (χ1) is 14.8. The lowest BCUT2D eigenvalue weighted by molar-refractivity contribution is -0.385. The number of hydrogen-bond acceptors (Lipinski definition) is 7. The predicted molar refractivity (Wildman–Crippen MR) is 114 cm³/mol. The molecule has 2 N–H and O–H groups in total. The second-order valence-corrected chi connectivity index (χ2v) is 6.65. The van der Waals surface area contributed by atoms with E-state index in [2.05, 4.69) is 15.8 Å². The Balaban J connectivity index is 1.88. The van der Waals surface area contributed by atoms with E-state index >= 15 is 0 Å². The number of halogens is 1. The van der Waals surface area contributed by atoms with Gasteiger partial charge >= 0.3 is 5.97 Å². The van der Waals surface area contributed by atoms with E-state index in [0.717, 1.165) is 30.9 Å². The molecule has 0 aliphatic heterocycles. The molecule has 0 spiro atoms. The van der Waals surface area contributed by atoms with Gasteiger partial charge in [0.1, 0.15) is 5.56 Å². The van der Waals surface area contributed by atoms with Crippen molar-refractivity contribution in [3.63, 3.8) is 0 Å². The molecule has 11 heteroatoms. The van der Waals surface area contributed by atoms with Gasteiger partial charge in [0.05, 0.1) is 4.92 Å². The van der Waals surface area contributed by atoms with E-state index in [4.69, 9.17) is 16.3 Å². The van der Waals surface area contributed by atoms with Crippen molar-refractivity contribution in [1.82, 2.24) is 10.9 Å². The molecular weight excluding hydrogens is 428 g/mol. The molecule has 31 heavy (non-hydrogen) atoms. The maximum Gasteiger partial charge on any atom is 0.345 e. The van der Waals surface area contributed by atoms with Crippen molar-refractivity contribution in [2.24, 2.45) is 0 Å². The summed E-state index contributed by atoms with van der Waals surface area (Å²) in [6, 6.07) is 10.2. The molecule has 10 nitrogen and oxygen atoms in total. The largest absolute Gasteiger partial charge is 0.452 e. The van der Waals surface area contributed by atoms with Crippen LogP contribution >= 0.6 is 11.6 Å². The lowest BCUT2D eigenvalue weighted by Crippen LogP contribution is -2.43. The minimum absolute atomic E-state index is 0.0984. The van der Waals surface area contributed by atoms with Gasteiger partial charge in [-0.1, -0.05) is 11.6 Å². The summed E-state index contributed by atoms with van der Waals surface area (Å²) in [5.74, 6) is -2.48. The molecule has 0 bridgehead atoms. The van der Waals surface area contributed by atoms with Gasteiger partial charge in [-0.05, 0) is 50.2 Å². The highest BCUT2D eigenvalue weighted by Crippen LogP contribution is 2.23. The molecule has 0 atom stereocenters. The van der Waals surface area contributed by atoms with Crippen LogP contribution in [0.5, 0.6) is 0 Å². The Bertz CT molecular complexity index is 976. The van der Waals surface area contributed by atoms with Gasteiger partial charge in [0.2, 0.25) is 0 Å². The van der Waals surface area contributed by atoms with Gasteiger partial charge in [-0.2, -0.15) is 0 Å². The number of nitro benzene ring substituents is 1. The Morgan fingerprint density at radius 2 is 1.71 bits per heavy atom. The molecule has 2 aromatic carbocycles. The summed E-state index contributed by atoms with van der Waals surface area (Å²) in [7, 11) is 0. The SMILES string of the molecule is CCN(CC)c1ccc(C(=O)NNC(=O)COC(=O)c2cc(Cl)ccc2[N+](=O)[O-])cc1. The van der Waals surface area contributed by atoms with E-state index in [0.29, 0.717) is 5.56 Å². The number of carbonyl (C=O) groups excluding carboxylic acids is 3. The molecule has 164 valence electrons. The monoisotopic (exact) mass is 448 g/mol. The number of ether oxygens (including phenoxy) is 1. The minimum Gasteiger partial charge on any atom is -0.452 e. The zero-order valence-electron chi connectivity index (χ0n) is 16.9. The van der Waals surface area contributed by atoms with E-state index in [1.54, 1.807) is 24.3 Å². The Labute approximate surface area is 183 Å². The highest BCUT2D eigenvalue weighted by atomic mass is 35.5. The average Bonchev–Trinajstić information content (AvgIpc) is 2.76. The quantitative estimate of drug-likeness (QED) is 0.360. The maximum absolute atomic E-state index is 12.1. The van der Waals surface area contributed by atoms with Crippen molar-refractivity contribution >= 4 is 40.8 Å². The fraction of sp³-hybridized carbons (Fsp3) is 0.250. The van der Waals surface area contributed by atoms with Crippen LogP contribution in [0.25, 0.3) is 0 Å². The fourth-order valence-electron chi connectivity index (χ4n) is 2.69. The first kappa shape index (κ1) is 23.6. The summed E-state index contributed by atoms with van der Waals surface area (Å²) in [5, 5.41) is 11.1. The maximum atomic E-state index is 12.1. The molecular formula is C20H21ClN4O6. The Morgan fingerprint density at radius 1 is 1.06 bits per heavy atom. The van der Waals surface area contributed by atoms with E-state index in [-0.39, 0.29) is 10.6 Å². The molecule has 2 rings (SSSR count). The lowest BCUT2D eigenvalue weighted by Gasteiger charge is -2.21. The Kier molecular flexibility index (Phi) is 8.33. The molecule has 2 amide bonds. The number of nitrogens with zero attached hydrogens (tertiary/aromatic N) is 2. The molecule has 0 unspecified atom stereocenters. The second-order valence-electron chi connectivity index (χ2n) is 6.22. The van der Waals surface area contributed by atoms with Gasteiger partial charge in [0.25, 0.3) is 17.5 Å². The van der Waals surface area contributed by atoms with Gasteiger partial charge in [-0.15, -0.1) is 0 Å². The average molecular weight is 449 g/mol. The van der Waals surface area contributed by atoms with Crippen molar-refractivity contribution < 1.29 is 24.0 Å². The predicted octanol–water partition coefficient (Wildman–Crippen LogP) is 2.71. The number of benzene rings is 2. The zero-order chi connectivity index (χ0) is 23.0. The topological polar surface area (TPSA) is 131 Å². The lowest BCUT2D eigenvalue weighted by atomic mass is 10.2. The van der Waals surface area contributed by atoms with Crippen LogP contribution in [0.15, 0.2) is 42.5 Å². The third-order valence-corrected chi connectivity index (χ3v) is 4.52. The van der Waals surface area contributed by atoms with Crippen LogP contribution < -0.4 is 15.8 Å². The number of nitro groups is 1. The highest BCUT2D eigenvalue weighted by Gasteiger charge is 2.22. The number of carbonyl (C=O) groups is 3. The van der Waals surface area contributed by atoms with Crippen molar-refractivity contribution in [3.8, 4) is 0 Å². The van der Waals surface area contributed by atoms with Crippen LogP contribution in [-0.2, 0) is 9.53 Å². The number of hydrazine groups is 1. The van der Waals surface area contributed by atoms with Crippen LogP contribution in [0.1, 0.15) is 34.6 Å². The molecule has 0 radical (unpaired) electrons. The number of nitrogens with one attached hydrogen (secondary N) is 2. The van der Waals surface area contributed by atoms with E-state index < -0.39 is 35.0 Å². The van der Waals surface area contributed by atoms with E-state index in [9.17, 15) is 24.5 Å². The van der Waals surface area contributed by atoms with Crippen molar-refractivity contribution in [2.75, 3.05) is 24.6 Å². The highest BCUT2D eigenvalue weighted by molar-refractivity contribution is 6.31. The first-order valence-electron chi connectivity index (χ1n) is 9.32. The Morgan fingerprint density at radius 3 is 2.29 bits per heavy atom. The smallest absolute Gasteiger partial charge is 0.345 e.